The standard InChI is InChI=1S/C16H24N4O/c1-11-5-6-14(16(17)18-21)15(8-11)20-10-13-4-3-7-19(13)9-12(20)2/h5-6,8,12-13,21H,3-4,7,9-10H2,1-2H3,(H2,17,18). The summed E-state index contributed by atoms with van der Waals surface area (Å²) in [7, 11) is 0. The topological polar surface area (TPSA) is 65.1 Å². The minimum Gasteiger partial charge on any atom is -0.409 e. The molecule has 0 saturated carbocycles. The molecule has 5 nitrogen and oxygen atoms in total. The Hall–Kier alpha value is -1.75. The van der Waals surface area contributed by atoms with E-state index in [9.17, 15) is 0 Å². The number of rotatable bonds is 2. The van der Waals surface area contributed by atoms with Crippen molar-refractivity contribution in [2.45, 2.75) is 38.8 Å². The molecule has 0 amide bonds. The van der Waals surface area contributed by atoms with Crippen LogP contribution in [-0.2, 0) is 0 Å². The Labute approximate surface area is 126 Å². The predicted molar refractivity (Wildman–Crippen MR) is 85.1 cm³/mol. The second-order valence-corrected chi connectivity index (χ2v) is 6.30. The van der Waals surface area contributed by atoms with Crippen molar-refractivity contribution in [1.82, 2.24) is 4.90 Å². The number of hydrogen-bond donors (Lipinski definition) is 2. The van der Waals surface area contributed by atoms with Crippen LogP contribution in [0.3, 0.4) is 0 Å². The molecule has 2 fully saturated rings. The maximum absolute atomic E-state index is 9.03. The van der Waals surface area contributed by atoms with Gasteiger partial charge in [0.2, 0.25) is 0 Å². The summed E-state index contributed by atoms with van der Waals surface area (Å²) in [5, 5.41) is 12.2. The Balaban J connectivity index is 1.97. The van der Waals surface area contributed by atoms with Crippen LogP contribution in [0.5, 0.6) is 0 Å². The van der Waals surface area contributed by atoms with Crippen molar-refractivity contribution in [3.05, 3.63) is 29.3 Å². The number of nitrogens with two attached hydrogens (primary N) is 1. The van der Waals surface area contributed by atoms with Gasteiger partial charge in [0.1, 0.15) is 0 Å². The van der Waals surface area contributed by atoms with E-state index >= 15 is 0 Å². The molecule has 3 rings (SSSR count). The fraction of sp³-hybridized carbons (Fsp3) is 0.562. The van der Waals surface area contributed by atoms with Crippen LogP contribution in [0.25, 0.3) is 0 Å². The minimum atomic E-state index is 0.186. The van der Waals surface area contributed by atoms with E-state index in [0.29, 0.717) is 12.1 Å². The summed E-state index contributed by atoms with van der Waals surface area (Å²) in [4.78, 5) is 5.02. The maximum Gasteiger partial charge on any atom is 0.172 e. The van der Waals surface area contributed by atoms with Gasteiger partial charge in [-0.2, -0.15) is 0 Å². The molecule has 2 aliphatic heterocycles. The molecule has 2 heterocycles. The molecule has 2 unspecified atom stereocenters. The van der Waals surface area contributed by atoms with E-state index in [1.54, 1.807) is 0 Å². The highest BCUT2D eigenvalue weighted by molar-refractivity contribution is 6.02. The molecular weight excluding hydrogens is 264 g/mol. The largest absolute Gasteiger partial charge is 0.409 e. The van der Waals surface area contributed by atoms with Gasteiger partial charge in [0, 0.05) is 36.4 Å². The molecule has 0 radical (unpaired) electrons. The Morgan fingerprint density at radius 2 is 2.19 bits per heavy atom. The van der Waals surface area contributed by atoms with Crippen LogP contribution in [0.15, 0.2) is 23.4 Å². The molecule has 0 spiro atoms. The van der Waals surface area contributed by atoms with Crippen molar-refractivity contribution < 1.29 is 5.21 Å². The highest BCUT2D eigenvalue weighted by Gasteiger charge is 2.35. The summed E-state index contributed by atoms with van der Waals surface area (Å²) in [5.74, 6) is 0.186. The quantitative estimate of drug-likeness (QED) is 0.377. The van der Waals surface area contributed by atoms with Crippen molar-refractivity contribution in [1.29, 1.82) is 0 Å². The number of benzene rings is 1. The van der Waals surface area contributed by atoms with E-state index in [1.807, 2.05) is 12.1 Å². The Morgan fingerprint density at radius 3 is 2.95 bits per heavy atom. The first-order valence-electron chi connectivity index (χ1n) is 7.69. The average molecular weight is 288 g/mol. The average Bonchev–Trinajstić information content (AvgIpc) is 2.92. The highest BCUT2D eigenvalue weighted by atomic mass is 16.4. The zero-order valence-electron chi connectivity index (χ0n) is 12.8. The molecule has 0 bridgehead atoms. The van der Waals surface area contributed by atoms with E-state index in [4.69, 9.17) is 10.9 Å². The summed E-state index contributed by atoms with van der Waals surface area (Å²) in [6, 6.07) is 7.18. The van der Waals surface area contributed by atoms with Crippen molar-refractivity contribution >= 4 is 11.5 Å². The zero-order chi connectivity index (χ0) is 15.0. The second-order valence-electron chi connectivity index (χ2n) is 6.30. The van der Waals surface area contributed by atoms with Crippen LogP contribution in [0.2, 0.25) is 0 Å². The lowest BCUT2D eigenvalue weighted by Crippen LogP contribution is -2.55. The number of aryl methyl sites for hydroxylation is 1. The van der Waals surface area contributed by atoms with Gasteiger partial charge in [-0.25, -0.2) is 0 Å². The van der Waals surface area contributed by atoms with Gasteiger partial charge in [-0.15, -0.1) is 0 Å². The first-order chi connectivity index (χ1) is 10.1. The molecular formula is C16H24N4O. The highest BCUT2D eigenvalue weighted by Crippen LogP contribution is 2.31. The van der Waals surface area contributed by atoms with Gasteiger partial charge in [-0.3, -0.25) is 4.90 Å². The molecule has 0 aromatic heterocycles. The van der Waals surface area contributed by atoms with Crippen LogP contribution < -0.4 is 10.6 Å². The van der Waals surface area contributed by atoms with Crippen molar-refractivity contribution in [3.63, 3.8) is 0 Å². The SMILES string of the molecule is Cc1ccc(/C(N)=N/O)c(N2CC3CCCN3CC2C)c1. The normalized spacial score (nSPS) is 27.0. The van der Waals surface area contributed by atoms with Crippen LogP contribution in [-0.4, -0.2) is 47.7 Å². The lowest BCUT2D eigenvalue weighted by molar-refractivity contribution is 0.203. The summed E-state index contributed by atoms with van der Waals surface area (Å²) in [6.07, 6.45) is 2.57. The van der Waals surface area contributed by atoms with Gasteiger partial charge in [0.05, 0.1) is 0 Å². The lowest BCUT2D eigenvalue weighted by atomic mass is 10.0. The molecule has 3 N–H and O–H groups in total. The second kappa shape index (κ2) is 5.56. The number of fused-ring (bicyclic) bond motifs is 1. The summed E-state index contributed by atoms with van der Waals surface area (Å²) in [5.41, 5.74) is 8.97. The molecule has 1 aromatic rings. The first-order valence-corrected chi connectivity index (χ1v) is 7.69. The number of hydrogen-bond acceptors (Lipinski definition) is 4. The summed E-state index contributed by atoms with van der Waals surface area (Å²) < 4.78 is 0. The summed E-state index contributed by atoms with van der Waals surface area (Å²) in [6.45, 7) is 7.68. The lowest BCUT2D eigenvalue weighted by Gasteiger charge is -2.44. The maximum atomic E-state index is 9.03. The fourth-order valence-corrected chi connectivity index (χ4v) is 3.67. The number of nitrogens with zero attached hydrogens (tertiary/aromatic N) is 3. The third-order valence-electron chi connectivity index (χ3n) is 4.78. The smallest absolute Gasteiger partial charge is 0.172 e. The number of anilines is 1. The molecule has 2 aliphatic rings. The van der Waals surface area contributed by atoms with Crippen molar-refractivity contribution in [3.8, 4) is 0 Å². The zero-order valence-corrected chi connectivity index (χ0v) is 12.8. The Bertz CT molecular complexity index is 557. The van der Waals surface area contributed by atoms with Crippen LogP contribution >= 0.6 is 0 Å². The van der Waals surface area contributed by atoms with Crippen LogP contribution in [0.1, 0.15) is 30.9 Å². The van der Waals surface area contributed by atoms with Crippen LogP contribution in [0, 0.1) is 6.92 Å². The van der Waals surface area contributed by atoms with E-state index in [1.165, 1.54) is 24.9 Å². The fourth-order valence-electron chi connectivity index (χ4n) is 3.67. The number of piperazine rings is 1. The van der Waals surface area contributed by atoms with Gasteiger partial charge >= 0.3 is 0 Å². The summed E-state index contributed by atoms with van der Waals surface area (Å²) >= 11 is 0. The van der Waals surface area contributed by atoms with Crippen molar-refractivity contribution in [2.75, 3.05) is 24.5 Å². The number of oxime groups is 1. The molecule has 0 aliphatic carbocycles. The predicted octanol–water partition coefficient (Wildman–Crippen LogP) is 1.76. The minimum absolute atomic E-state index is 0.186. The van der Waals surface area contributed by atoms with Gasteiger partial charge in [0.15, 0.2) is 5.84 Å². The van der Waals surface area contributed by atoms with E-state index in [-0.39, 0.29) is 5.84 Å². The van der Waals surface area contributed by atoms with Crippen molar-refractivity contribution in [2.24, 2.45) is 10.9 Å². The first kappa shape index (κ1) is 14.2. The Morgan fingerprint density at radius 1 is 1.38 bits per heavy atom. The molecule has 2 atom stereocenters. The molecule has 114 valence electrons. The monoisotopic (exact) mass is 288 g/mol. The third-order valence-corrected chi connectivity index (χ3v) is 4.78. The molecule has 2 saturated heterocycles. The Kier molecular flexibility index (Phi) is 3.76. The van der Waals surface area contributed by atoms with Gasteiger partial charge in [-0.05, 0) is 50.9 Å². The third kappa shape index (κ3) is 2.58. The van der Waals surface area contributed by atoms with Gasteiger partial charge in [-0.1, -0.05) is 11.2 Å². The number of amidine groups is 1. The van der Waals surface area contributed by atoms with E-state index in [0.717, 1.165) is 24.3 Å². The molecule has 21 heavy (non-hydrogen) atoms. The van der Waals surface area contributed by atoms with Gasteiger partial charge < -0.3 is 15.8 Å². The molecule has 5 heteroatoms. The van der Waals surface area contributed by atoms with Crippen LogP contribution in [0.4, 0.5) is 5.69 Å². The van der Waals surface area contributed by atoms with Gasteiger partial charge in [0.25, 0.3) is 0 Å². The molecule has 1 aromatic carbocycles. The van der Waals surface area contributed by atoms with E-state index in [2.05, 4.69) is 34.9 Å². The van der Waals surface area contributed by atoms with E-state index < -0.39 is 0 Å².